The van der Waals surface area contributed by atoms with E-state index in [0.717, 1.165) is 42.5 Å². The fraction of sp³-hybridized carbons (Fsp3) is 0.692. The fourth-order valence-corrected chi connectivity index (χ4v) is 2.84. The van der Waals surface area contributed by atoms with Gasteiger partial charge in [0, 0.05) is 26.2 Å². The summed E-state index contributed by atoms with van der Waals surface area (Å²) in [5.74, 6) is 0.595. The number of aryl methyl sites for hydroxylation is 2. The number of hydrogen-bond donors (Lipinski definition) is 1. The van der Waals surface area contributed by atoms with Crippen LogP contribution in [0.1, 0.15) is 25.5 Å². The molecule has 3 rings (SSSR count). The molecule has 1 aliphatic rings. The highest BCUT2D eigenvalue weighted by molar-refractivity contribution is 5.77. The highest BCUT2D eigenvalue weighted by Crippen LogP contribution is 2.27. The minimum atomic E-state index is 0.595. The molecule has 6 nitrogen and oxygen atoms in total. The molecule has 19 heavy (non-hydrogen) atoms. The second-order valence-corrected chi connectivity index (χ2v) is 5.36. The molecule has 2 N–H and O–H groups in total. The fourth-order valence-electron chi connectivity index (χ4n) is 2.84. The molecule has 0 radical (unpaired) electrons. The monoisotopic (exact) mass is 262 g/mol. The maximum absolute atomic E-state index is 6.05. The molecule has 0 bridgehead atoms. The summed E-state index contributed by atoms with van der Waals surface area (Å²) in [6.07, 6.45) is 2.68. The standard InChI is InChI=1S/C13H22N6/c1-4-18(10-5-6-10)7-8-19-12-11(15-13(19)14)9(2)16-17(12)3/h10H,4-8H2,1-3H3,(H2,14,15). The van der Waals surface area contributed by atoms with E-state index in [0.29, 0.717) is 5.95 Å². The molecule has 0 aromatic carbocycles. The van der Waals surface area contributed by atoms with Gasteiger partial charge in [0.25, 0.3) is 0 Å². The van der Waals surface area contributed by atoms with Gasteiger partial charge in [-0.15, -0.1) is 0 Å². The summed E-state index contributed by atoms with van der Waals surface area (Å²) < 4.78 is 3.96. The van der Waals surface area contributed by atoms with E-state index < -0.39 is 0 Å². The minimum absolute atomic E-state index is 0.595. The van der Waals surface area contributed by atoms with Crippen molar-refractivity contribution in [3.05, 3.63) is 5.69 Å². The van der Waals surface area contributed by atoms with Crippen molar-refractivity contribution < 1.29 is 0 Å². The Labute approximate surface area is 113 Å². The molecular weight excluding hydrogens is 240 g/mol. The number of likely N-dealkylation sites (N-methyl/N-ethyl adjacent to an activating group) is 1. The number of nitrogens with zero attached hydrogens (tertiary/aromatic N) is 5. The highest BCUT2D eigenvalue weighted by atomic mass is 15.4. The van der Waals surface area contributed by atoms with Gasteiger partial charge < -0.3 is 5.73 Å². The molecule has 1 aliphatic carbocycles. The van der Waals surface area contributed by atoms with Gasteiger partial charge >= 0.3 is 0 Å². The quantitative estimate of drug-likeness (QED) is 0.877. The Morgan fingerprint density at radius 2 is 2.16 bits per heavy atom. The number of nitrogen functional groups attached to an aromatic ring is 1. The van der Waals surface area contributed by atoms with Crippen LogP contribution in [0, 0.1) is 6.92 Å². The first-order chi connectivity index (χ1) is 9.11. The van der Waals surface area contributed by atoms with Gasteiger partial charge in [0.15, 0.2) is 5.65 Å². The number of anilines is 1. The van der Waals surface area contributed by atoms with Gasteiger partial charge in [-0.2, -0.15) is 5.10 Å². The number of aromatic nitrogens is 4. The number of hydrogen-bond acceptors (Lipinski definition) is 4. The Morgan fingerprint density at radius 1 is 1.42 bits per heavy atom. The number of rotatable bonds is 5. The molecular formula is C13H22N6. The molecule has 2 aromatic rings. The summed E-state index contributed by atoms with van der Waals surface area (Å²) >= 11 is 0. The molecule has 0 unspecified atom stereocenters. The Hall–Kier alpha value is -1.56. The molecule has 0 amide bonds. The number of nitrogens with two attached hydrogens (primary N) is 1. The summed E-state index contributed by atoms with van der Waals surface area (Å²) in [5, 5.41) is 4.41. The van der Waals surface area contributed by atoms with Gasteiger partial charge in [-0.1, -0.05) is 6.92 Å². The van der Waals surface area contributed by atoms with Crippen LogP contribution in [0.4, 0.5) is 5.95 Å². The van der Waals surface area contributed by atoms with Gasteiger partial charge in [0.1, 0.15) is 5.52 Å². The van der Waals surface area contributed by atoms with Crippen molar-refractivity contribution in [1.29, 1.82) is 0 Å². The van der Waals surface area contributed by atoms with E-state index in [1.54, 1.807) is 0 Å². The molecule has 0 aliphatic heterocycles. The maximum atomic E-state index is 6.05. The summed E-state index contributed by atoms with van der Waals surface area (Å²) in [6, 6.07) is 0.790. The van der Waals surface area contributed by atoms with Gasteiger partial charge in [-0.3, -0.25) is 14.1 Å². The van der Waals surface area contributed by atoms with Crippen LogP contribution in [0.3, 0.4) is 0 Å². The third kappa shape index (κ3) is 2.10. The summed E-state index contributed by atoms with van der Waals surface area (Å²) in [4.78, 5) is 6.96. The second-order valence-electron chi connectivity index (χ2n) is 5.36. The van der Waals surface area contributed by atoms with Crippen LogP contribution in [0.15, 0.2) is 0 Å². The second kappa shape index (κ2) is 4.52. The molecule has 2 heterocycles. The summed E-state index contributed by atoms with van der Waals surface area (Å²) in [7, 11) is 1.95. The molecule has 1 saturated carbocycles. The molecule has 2 aromatic heterocycles. The predicted octanol–water partition coefficient (Wildman–Crippen LogP) is 1.14. The molecule has 1 fully saturated rings. The van der Waals surface area contributed by atoms with Gasteiger partial charge in [0.05, 0.1) is 5.69 Å². The van der Waals surface area contributed by atoms with Crippen LogP contribution in [0.25, 0.3) is 11.2 Å². The van der Waals surface area contributed by atoms with Crippen LogP contribution in [0.5, 0.6) is 0 Å². The maximum Gasteiger partial charge on any atom is 0.202 e. The van der Waals surface area contributed by atoms with E-state index in [1.165, 1.54) is 12.8 Å². The minimum Gasteiger partial charge on any atom is -0.369 e. The van der Waals surface area contributed by atoms with Crippen molar-refractivity contribution >= 4 is 17.1 Å². The van der Waals surface area contributed by atoms with Gasteiger partial charge in [-0.05, 0) is 26.3 Å². The van der Waals surface area contributed by atoms with E-state index in [-0.39, 0.29) is 0 Å². The average molecular weight is 262 g/mol. The summed E-state index contributed by atoms with van der Waals surface area (Å²) in [6.45, 7) is 7.21. The first-order valence-corrected chi connectivity index (χ1v) is 7.01. The van der Waals surface area contributed by atoms with E-state index in [9.17, 15) is 0 Å². The SMILES string of the molecule is CCN(CCn1c(N)nc2c(C)nn(C)c21)C1CC1. The molecule has 0 saturated heterocycles. The number of imidazole rings is 1. The van der Waals surface area contributed by atoms with E-state index in [1.807, 2.05) is 18.7 Å². The zero-order valence-electron chi connectivity index (χ0n) is 11.9. The third-order valence-corrected chi connectivity index (χ3v) is 4.00. The van der Waals surface area contributed by atoms with Crippen molar-refractivity contribution in [2.24, 2.45) is 7.05 Å². The van der Waals surface area contributed by atoms with E-state index >= 15 is 0 Å². The lowest BCUT2D eigenvalue weighted by molar-refractivity contribution is 0.267. The lowest BCUT2D eigenvalue weighted by Crippen LogP contribution is -2.29. The van der Waals surface area contributed by atoms with E-state index in [4.69, 9.17) is 5.73 Å². The van der Waals surface area contributed by atoms with Crippen molar-refractivity contribution in [3.8, 4) is 0 Å². The van der Waals surface area contributed by atoms with Crippen LogP contribution >= 0.6 is 0 Å². The highest BCUT2D eigenvalue weighted by Gasteiger charge is 2.27. The smallest absolute Gasteiger partial charge is 0.202 e. The molecule has 0 atom stereocenters. The Morgan fingerprint density at radius 3 is 2.79 bits per heavy atom. The zero-order valence-corrected chi connectivity index (χ0v) is 11.9. The zero-order chi connectivity index (χ0) is 13.6. The van der Waals surface area contributed by atoms with Crippen LogP contribution in [-0.2, 0) is 13.6 Å². The van der Waals surface area contributed by atoms with Gasteiger partial charge in [0.2, 0.25) is 5.95 Å². The topological polar surface area (TPSA) is 64.9 Å². The Kier molecular flexibility index (Phi) is 2.97. The van der Waals surface area contributed by atoms with Gasteiger partial charge in [-0.25, -0.2) is 4.98 Å². The largest absolute Gasteiger partial charge is 0.369 e. The first kappa shape index (κ1) is 12.5. The molecule has 0 spiro atoms. The third-order valence-electron chi connectivity index (χ3n) is 4.00. The van der Waals surface area contributed by atoms with Crippen molar-refractivity contribution in [3.63, 3.8) is 0 Å². The predicted molar refractivity (Wildman–Crippen MR) is 75.9 cm³/mol. The van der Waals surface area contributed by atoms with E-state index in [2.05, 4.69) is 26.5 Å². The van der Waals surface area contributed by atoms with Crippen LogP contribution in [0.2, 0.25) is 0 Å². The molecule has 6 heteroatoms. The average Bonchev–Trinajstić information content (AvgIpc) is 3.09. The lowest BCUT2D eigenvalue weighted by atomic mass is 10.4. The first-order valence-electron chi connectivity index (χ1n) is 7.01. The molecule has 104 valence electrons. The van der Waals surface area contributed by atoms with Crippen molar-refractivity contribution in [2.75, 3.05) is 18.8 Å². The Bertz CT molecular complexity index is 592. The normalized spacial score (nSPS) is 15.8. The van der Waals surface area contributed by atoms with Crippen LogP contribution < -0.4 is 5.73 Å². The van der Waals surface area contributed by atoms with Crippen molar-refractivity contribution in [2.45, 2.75) is 39.3 Å². The van der Waals surface area contributed by atoms with Crippen LogP contribution in [-0.4, -0.2) is 43.4 Å². The van der Waals surface area contributed by atoms with Crippen molar-refractivity contribution in [1.82, 2.24) is 24.2 Å². The number of fused-ring (bicyclic) bond motifs is 1. The Balaban J connectivity index is 1.85. The lowest BCUT2D eigenvalue weighted by Gasteiger charge is -2.20. The summed E-state index contributed by atoms with van der Waals surface area (Å²) in [5.41, 5.74) is 8.94.